The first-order valence-corrected chi connectivity index (χ1v) is 6.38. The van der Waals surface area contributed by atoms with E-state index in [1.54, 1.807) is 5.57 Å². The van der Waals surface area contributed by atoms with Crippen molar-refractivity contribution >= 4 is 0 Å². The van der Waals surface area contributed by atoms with Crippen LogP contribution < -0.4 is 0 Å². The molecule has 0 saturated heterocycles. The van der Waals surface area contributed by atoms with Gasteiger partial charge in [-0.15, -0.1) is 0 Å². The van der Waals surface area contributed by atoms with Crippen molar-refractivity contribution in [2.75, 3.05) is 0 Å². The fraction of sp³-hybridized carbons (Fsp3) is 0.867. The largest absolute Gasteiger partial charge is 0.0799 e. The van der Waals surface area contributed by atoms with E-state index in [-0.39, 0.29) is 0 Å². The van der Waals surface area contributed by atoms with Gasteiger partial charge in [0.25, 0.3) is 0 Å². The Balaban J connectivity index is 3.09. The standard InChI is InChI=1S/C15H28/c1-11(2)15(12(3)4)9-13(5)8-14(6,7)10-15/h8,11-12H,9-10H2,1-7H3. The minimum Gasteiger partial charge on any atom is -0.0799 e. The summed E-state index contributed by atoms with van der Waals surface area (Å²) in [7, 11) is 0. The van der Waals surface area contributed by atoms with Crippen molar-refractivity contribution in [2.24, 2.45) is 22.7 Å². The average Bonchev–Trinajstić information content (AvgIpc) is 1.99. The number of allylic oxidation sites excluding steroid dienone is 2. The highest BCUT2D eigenvalue weighted by Gasteiger charge is 2.43. The third-order valence-corrected chi connectivity index (χ3v) is 4.33. The zero-order chi connectivity index (χ0) is 11.9. The van der Waals surface area contributed by atoms with Crippen molar-refractivity contribution in [3.8, 4) is 0 Å². The lowest BCUT2D eigenvalue weighted by atomic mass is 9.56. The topological polar surface area (TPSA) is 0 Å². The normalized spacial score (nSPS) is 24.5. The summed E-state index contributed by atoms with van der Waals surface area (Å²) in [4.78, 5) is 0. The Kier molecular flexibility index (Phi) is 3.38. The summed E-state index contributed by atoms with van der Waals surface area (Å²) in [5.74, 6) is 1.56. The second-order valence-corrected chi connectivity index (χ2v) is 6.88. The van der Waals surface area contributed by atoms with Gasteiger partial charge in [-0.05, 0) is 42.4 Å². The third-order valence-electron chi connectivity index (χ3n) is 4.33. The molecular weight excluding hydrogens is 180 g/mol. The summed E-state index contributed by atoms with van der Waals surface area (Å²) in [5.41, 5.74) is 2.49. The Morgan fingerprint density at radius 1 is 1.07 bits per heavy atom. The van der Waals surface area contributed by atoms with Gasteiger partial charge in [0.05, 0.1) is 0 Å². The Morgan fingerprint density at radius 2 is 1.53 bits per heavy atom. The molecule has 0 bridgehead atoms. The van der Waals surface area contributed by atoms with Crippen LogP contribution in [0.4, 0.5) is 0 Å². The molecule has 15 heavy (non-hydrogen) atoms. The van der Waals surface area contributed by atoms with Gasteiger partial charge < -0.3 is 0 Å². The summed E-state index contributed by atoms with van der Waals surface area (Å²) in [6, 6.07) is 0. The van der Waals surface area contributed by atoms with E-state index < -0.39 is 0 Å². The van der Waals surface area contributed by atoms with Crippen LogP contribution in [0, 0.1) is 22.7 Å². The molecular formula is C15H28. The van der Waals surface area contributed by atoms with Crippen LogP contribution in [0.25, 0.3) is 0 Å². The van der Waals surface area contributed by atoms with Crippen molar-refractivity contribution < 1.29 is 0 Å². The zero-order valence-corrected chi connectivity index (χ0v) is 11.6. The smallest absolute Gasteiger partial charge is 0.0167 e. The van der Waals surface area contributed by atoms with Crippen molar-refractivity contribution in [1.82, 2.24) is 0 Å². The minimum absolute atomic E-state index is 0.386. The maximum absolute atomic E-state index is 2.48. The van der Waals surface area contributed by atoms with Crippen LogP contribution >= 0.6 is 0 Å². The van der Waals surface area contributed by atoms with Crippen LogP contribution in [-0.2, 0) is 0 Å². The van der Waals surface area contributed by atoms with E-state index in [0.29, 0.717) is 10.8 Å². The first-order chi connectivity index (χ1) is 6.69. The summed E-state index contributed by atoms with van der Waals surface area (Å²) in [6.45, 7) is 16.7. The van der Waals surface area contributed by atoms with Gasteiger partial charge in [0.1, 0.15) is 0 Å². The van der Waals surface area contributed by atoms with E-state index in [9.17, 15) is 0 Å². The monoisotopic (exact) mass is 208 g/mol. The molecule has 88 valence electrons. The van der Waals surface area contributed by atoms with E-state index in [4.69, 9.17) is 0 Å². The van der Waals surface area contributed by atoms with E-state index >= 15 is 0 Å². The van der Waals surface area contributed by atoms with E-state index in [1.807, 2.05) is 0 Å². The summed E-state index contributed by atoms with van der Waals surface area (Å²) in [6.07, 6.45) is 5.12. The molecule has 0 unspecified atom stereocenters. The molecule has 0 aromatic rings. The molecule has 0 aromatic heterocycles. The van der Waals surface area contributed by atoms with Gasteiger partial charge >= 0.3 is 0 Å². The van der Waals surface area contributed by atoms with Gasteiger partial charge in [-0.1, -0.05) is 53.2 Å². The van der Waals surface area contributed by atoms with Crippen molar-refractivity contribution in [2.45, 2.75) is 61.3 Å². The molecule has 0 aromatic carbocycles. The number of hydrogen-bond acceptors (Lipinski definition) is 0. The highest BCUT2D eigenvalue weighted by Crippen LogP contribution is 2.53. The second-order valence-electron chi connectivity index (χ2n) is 6.88. The second kappa shape index (κ2) is 3.96. The maximum atomic E-state index is 2.48. The molecule has 0 N–H and O–H groups in total. The number of rotatable bonds is 2. The van der Waals surface area contributed by atoms with Crippen LogP contribution in [0.2, 0.25) is 0 Å². The van der Waals surface area contributed by atoms with Gasteiger partial charge in [0.2, 0.25) is 0 Å². The first kappa shape index (κ1) is 12.8. The van der Waals surface area contributed by atoms with Crippen LogP contribution in [0.1, 0.15) is 61.3 Å². The lowest BCUT2D eigenvalue weighted by molar-refractivity contribution is 0.0508. The van der Waals surface area contributed by atoms with E-state index in [0.717, 1.165) is 11.8 Å². The molecule has 0 heterocycles. The predicted molar refractivity (Wildman–Crippen MR) is 68.9 cm³/mol. The van der Waals surface area contributed by atoms with Crippen LogP contribution in [0.3, 0.4) is 0 Å². The van der Waals surface area contributed by atoms with E-state index in [2.05, 4.69) is 54.5 Å². The van der Waals surface area contributed by atoms with Gasteiger partial charge in [-0.2, -0.15) is 0 Å². The van der Waals surface area contributed by atoms with Crippen molar-refractivity contribution in [1.29, 1.82) is 0 Å². The van der Waals surface area contributed by atoms with Crippen LogP contribution in [0.15, 0.2) is 11.6 Å². The van der Waals surface area contributed by atoms with Gasteiger partial charge in [-0.25, -0.2) is 0 Å². The molecule has 0 atom stereocenters. The molecule has 0 saturated carbocycles. The molecule has 1 aliphatic carbocycles. The van der Waals surface area contributed by atoms with Gasteiger partial charge in [-0.3, -0.25) is 0 Å². The summed E-state index contributed by atoms with van der Waals surface area (Å²) < 4.78 is 0. The lowest BCUT2D eigenvalue weighted by Crippen LogP contribution is -2.40. The zero-order valence-electron chi connectivity index (χ0n) is 11.6. The maximum Gasteiger partial charge on any atom is -0.0167 e. The molecule has 0 nitrogen and oxygen atoms in total. The number of hydrogen-bond donors (Lipinski definition) is 0. The first-order valence-electron chi connectivity index (χ1n) is 6.38. The molecule has 0 amide bonds. The highest BCUT2D eigenvalue weighted by atomic mass is 14.5. The Hall–Kier alpha value is -0.260. The Bertz CT molecular complexity index is 245. The van der Waals surface area contributed by atoms with Crippen LogP contribution in [0.5, 0.6) is 0 Å². The molecule has 1 aliphatic rings. The Morgan fingerprint density at radius 3 is 1.87 bits per heavy atom. The molecule has 0 heteroatoms. The van der Waals surface area contributed by atoms with Crippen LogP contribution in [-0.4, -0.2) is 0 Å². The molecule has 0 fully saturated rings. The molecule has 1 rings (SSSR count). The van der Waals surface area contributed by atoms with Crippen molar-refractivity contribution in [3.63, 3.8) is 0 Å². The Labute approximate surface area is 96.2 Å². The highest BCUT2D eigenvalue weighted by molar-refractivity contribution is 5.16. The summed E-state index contributed by atoms with van der Waals surface area (Å²) in [5, 5.41) is 0. The SMILES string of the molecule is CC1=CC(C)(C)CC(C(C)C)(C(C)C)C1. The fourth-order valence-corrected chi connectivity index (χ4v) is 3.68. The third kappa shape index (κ3) is 2.46. The average molecular weight is 208 g/mol. The summed E-state index contributed by atoms with van der Waals surface area (Å²) >= 11 is 0. The fourth-order valence-electron chi connectivity index (χ4n) is 3.68. The quantitative estimate of drug-likeness (QED) is 0.557. The minimum atomic E-state index is 0.386. The van der Waals surface area contributed by atoms with Gasteiger partial charge in [0.15, 0.2) is 0 Å². The molecule has 0 spiro atoms. The predicted octanol–water partition coefficient (Wildman–Crippen LogP) is 5.05. The van der Waals surface area contributed by atoms with Gasteiger partial charge in [0, 0.05) is 0 Å². The molecule has 0 radical (unpaired) electrons. The lowest BCUT2D eigenvalue weighted by Gasteiger charge is -2.49. The van der Waals surface area contributed by atoms with Crippen molar-refractivity contribution in [3.05, 3.63) is 11.6 Å². The molecule has 0 aliphatic heterocycles. The van der Waals surface area contributed by atoms with E-state index in [1.165, 1.54) is 12.8 Å².